The van der Waals surface area contributed by atoms with E-state index in [0.29, 0.717) is 37.9 Å². The number of hydrogen-bond acceptors (Lipinski definition) is 6. The van der Waals surface area contributed by atoms with E-state index in [4.69, 9.17) is 9.47 Å². The number of aryl methyl sites for hydroxylation is 1. The van der Waals surface area contributed by atoms with Gasteiger partial charge in [0.15, 0.2) is 0 Å². The second kappa shape index (κ2) is 11.9. The van der Waals surface area contributed by atoms with Crippen LogP contribution in [0.25, 0.3) is 11.1 Å². The third-order valence-electron chi connectivity index (χ3n) is 5.38. The SMILES string of the molecule is CCOCCCOc1ccc(C)c(-c2ccnc(NC(=O)c3n[nH]c(Cc4ccccc4)n3)c2)c1. The Bertz CT molecular complexity index is 1260. The maximum absolute atomic E-state index is 12.7. The highest BCUT2D eigenvalue weighted by molar-refractivity contribution is 6.01. The number of rotatable bonds is 11. The molecule has 8 nitrogen and oxygen atoms in total. The molecule has 0 atom stereocenters. The summed E-state index contributed by atoms with van der Waals surface area (Å²) in [5.74, 6) is 1.48. The molecule has 4 rings (SSSR count). The maximum Gasteiger partial charge on any atom is 0.296 e. The van der Waals surface area contributed by atoms with Crippen LogP contribution in [0.4, 0.5) is 5.82 Å². The van der Waals surface area contributed by atoms with E-state index in [1.165, 1.54) is 0 Å². The smallest absolute Gasteiger partial charge is 0.296 e. The lowest BCUT2D eigenvalue weighted by Crippen LogP contribution is -2.14. The molecule has 2 heterocycles. The Morgan fingerprint density at radius 1 is 1.06 bits per heavy atom. The minimum atomic E-state index is -0.423. The van der Waals surface area contributed by atoms with Crippen LogP contribution in [0, 0.1) is 6.92 Å². The Morgan fingerprint density at radius 3 is 2.74 bits per heavy atom. The van der Waals surface area contributed by atoms with Crippen LogP contribution in [0.5, 0.6) is 5.75 Å². The first-order chi connectivity index (χ1) is 17.1. The number of aromatic nitrogens is 4. The summed E-state index contributed by atoms with van der Waals surface area (Å²) in [6, 6.07) is 19.6. The van der Waals surface area contributed by atoms with E-state index in [0.717, 1.165) is 34.4 Å². The molecule has 0 aliphatic carbocycles. The molecule has 0 spiro atoms. The minimum Gasteiger partial charge on any atom is -0.493 e. The molecule has 0 aliphatic rings. The third kappa shape index (κ3) is 6.74. The fourth-order valence-corrected chi connectivity index (χ4v) is 3.60. The lowest BCUT2D eigenvalue weighted by atomic mass is 10.0. The Labute approximate surface area is 204 Å². The zero-order valence-electron chi connectivity index (χ0n) is 20.0. The van der Waals surface area contributed by atoms with Gasteiger partial charge in [0, 0.05) is 32.3 Å². The van der Waals surface area contributed by atoms with Gasteiger partial charge in [0.05, 0.1) is 6.61 Å². The fraction of sp³-hybridized carbons (Fsp3) is 0.259. The van der Waals surface area contributed by atoms with Crippen molar-refractivity contribution in [3.63, 3.8) is 0 Å². The summed E-state index contributed by atoms with van der Waals surface area (Å²) < 4.78 is 11.2. The molecule has 1 amide bonds. The topological polar surface area (TPSA) is 102 Å². The molecule has 0 bridgehead atoms. The normalized spacial score (nSPS) is 10.8. The number of carbonyl (C=O) groups is 1. The van der Waals surface area contributed by atoms with Gasteiger partial charge in [-0.15, -0.1) is 5.10 Å². The van der Waals surface area contributed by atoms with Crippen molar-refractivity contribution < 1.29 is 14.3 Å². The van der Waals surface area contributed by atoms with Gasteiger partial charge in [0.1, 0.15) is 17.4 Å². The second-order valence-corrected chi connectivity index (χ2v) is 8.03. The van der Waals surface area contributed by atoms with Crippen molar-refractivity contribution in [2.24, 2.45) is 0 Å². The van der Waals surface area contributed by atoms with Crippen LogP contribution < -0.4 is 10.1 Å². The highest BCUT2D eigenvalue weighted by Gasteiger charge is 2.14. The molecule has 2 N–H and O–H groups in total. The number of nitrogens with zero attached hydrogens (tertiary/aromatic N) is 3. The van der Waals surface area contributed by atoms with Crippen molar-refractivity contribution in [1.29, 1.82) is 0 Å². The number of ether oxygens (including phenoxy) is 2. The van der Waals surface area contributed by atoms with Crippen molar-refractivity contribution in [3.8, 4) is 16.9 Å². The molecule has 2 aromatic carbocycles. The summed E-state index contributed by atoms with van der Waals surface area (Å²) in [6.45, 7) is 5.99. The molecule has 0 fully saturated rings. The number of hydrogen-bond donors (Lipinski definition) is 2. The zero-order chi connectivity index (χ0) is 24.5. The molecule has 0 saturated heterocycles. The summed E-state index contributed by atoms with van der Waals surface area (Å²) in [5.41, 5.74) is 4.11. The van der Waals surface area contributed by atoms with Crippen molar-refractivity contribution in [3.05, 3.63) is 89.6 Å². The van der Waals surface area contributed by atoms with Crippen molar-refractivity contribution >= 4 is 11.7 Å². The summed E-state index contributed by atoms with van der Waals surface area (Å²) in [6.07, 6.45) is 3.06. The highest BCUT2D eigenvalue weighted by Crippen LogP contribution is 2.29. The van der Waals surface area contributed by atoms with E-state index >= 15 is 0 Å². The molecule has 35 heavy (non-hydrogen) atoms. The van der Waals surface area contributed by atoms with Gasteiger partial charge in [0.25, 0.3) is 5.91 Å². The molecule has 0 aliphatic heterocycles. The van der Waals surface area contributed by atoms with Gasteiger partial charge in [0.2, 0.25) is 5.82 Å². The average Bonchev–Trinajstić information content (AvgIpc) is 3.34. The van der Waals surface area contributed by atoms with E-state index in [2.05, 4.69) is 25.5 Å². The first-order valence-corrected chi connectivity index (χ1v) is 11.7. The molecule has 2 aromatic heterocycles. The molecule has 180 valence electrons. The van der Waals surface area contributed by atoms with Gasteiger partial charge in [-0.1, -0.05) is 36.4 Å². The van der Waals surface area contributed by atoms with Crippen molar-refractivity contribution in [2.45, 2.75) is 26.7 Å². The van der Waals surface area contributed by atoms with Crippen LogP contribution in [0.1, 0.15) is 40.9 Å². The Kier molecular flexibility index (Phi) is 8.19. The standard InChI is InChI=1S/C27H29N5O3/c1-3-34-14-7-15-35-22-11-10-19(2)23(18-22)21-12-13-28-24(17-21)30-27(33)26-29-25(31-32-26)16-20-8-5-4-6-9-20/h4-6,8-13,17-18H,3,7,14-16H2,1-2H3,(H,28,30,33)(H,29,31,32). The van der Waals surface area contributed by atoms with E-state index in [-0.39, 0.29) is 5.82 Å². The number of benzene rings is 2. The van der Waals surface area contributed by atoms with Gasteiger partial charge < -0.3 is 14.8 Å². The van der Waals surface area contributed by atoms with Crippen molar-refractivity contribution in [1.82, 2.24) is 20.2 Å². The number of aromatic amines is 1. The molecule has 0 unspecified atom stereocenters. The highest BCUT2D eigenvalue weighted by atomic mass is 16.5. The Morgan fingerprint density at radius 2 is 1.91 bits per heavy atom. The van der Waals surface area contributed by atoms with Crippen molar-refractivity contribution in [2.75, 3.05) is 25.1 Å². The van der Waals surface area contributed by atoms with Gasteiger partial charge in [-0.2, -0.15) is 0 Å². The molecule has 8 heteroatoms. The van der Waals surface area contributed by atoms with E-state index in [9.17, 15) is 4.79 Å². The Balaban J connectivity index is 1.42. The van der Waals surface area contributed by atoms with Gasteiger partial charge >= 0.3 is 0 Å². The second-order valence-electron chi connectivity index (χ2n) is 8.03. The van der Waals surface area contributed by atoms with Gasteiger partial charge in [-0.3, -0.25) is 9.89 Å². The monoisotopic (exact) mass is 471 g/mol. The lowest BCUT2D eigenvalue weighted by Gasteiger charge is -2.12. The largest absolute Gasteiger partial charge is 0.493 e. The average molecular weight is 472 g/mol. The third-order valence-corrected chi connectivity index (χ3v) is 5.38. The van der Waals surface area contributed by atoms with Crippen LogP contribution in [-0.2, 0) is 11.2 Å². The predicted octanol–water partition coefficient (Wildman–Crippen LogP) is 4.82. The number of anilines is 1. The summed E-state index contributed by atoms with van der Waals surface area (Å²) in [7, 11) is 0. The van der Waals surface area contributed by atoms with Crippen LogP contribution in [0.15, 0.2) is 66.9 Å². The van der Waals surface area contributed by atoms with Crippen LogP contribution in [0.2, 0.25) is 0 Å². The summed E-state index contributed by atoms with van der Waals surface area (Å²) in [5, 5.41) is 9.69. The molecule has 4 aromatic rings. The molecular formula is C27H29N5O3. The lowest BCUT2D eigenvalue weighted by molar-refractivity contribution is 0.101. The quantitative estimate of drug-likeness (QED) is 0.304. The summed E-state index contributed by atoms with van der Waals surface area (Å²) in [4.78, 5) is 21.3. The van der Waals surface area contributed by atoms with E-state index in [1.807, 2.05) is 74.5 Å². The maximum atomic E-state index is 12.7. The predicted molar refractivity (Wildman–Crippen MR) is 135 cm³/mol. The Hall–Kier alpha value is -4.04. The molecule has 0 saturated carbocycles. The number of carbonyl (C=O) groups excluding carboxylic acids is 1. The first-order valence-electron chi connectivity index (χ1n) is 11.7. The van der Waals surface area contributed by atoms with E-state index in [1.54, 1.807) is 6.20 Å². The number of amides is 1. The van der Waals surface area contributed by atoms with Gasteiger partial charge in [-0.05, 0) is 60.4 Å². The fourth-order valence-electron chi connectivity index (χ4n) is 3.60. The van der Waals surface area contributed by atoms with E-state index < -0.39 is 5.91 Å². The summed E-state index contributed by atoms with van der Waals surface area (Å²) >= 11 is 0. The number of H-pyrrole nitrogens is 1. The molecule has 0 radical (unpaired) electrons. The number of nitrogens with one attached hydrogen (secondary N) is 2. The van der Waals surface area contributed by atoms with Crippen LogP contribution >= 0.6 is 0 Å². The number of pyridine rings is 1. The van der Waals surface area contributed by atoms with Gasteiger partial charge in [-0.25, -0.2) is 9.97 Å². The van der Waals surface area contributed by atoms with Crippen LogP contribution in [-0.4, -0.2) is 45.9 Å². The molecular weight excluding hydrogens is 442 g/mol. The minimum absolute atomic E-state index is 0.0711. The first kappa shape index (κ1) is 24.1. The van der Waals surface area contributed by atoms with Crippen LogP contribution in [0.3, 0.4) is 0 Å². The zero-order valence-corrected chi connectivity index (χ0v) is 20.0.